The first-order chi connectivity index (χ1) is 20.1. The molecule has 0 spiro atoms. The third-order valence-electron chi connectivity index (χ3n) is 8.34. The van der Waals surface area contributed by atoms with Gasteiger partial charge in [0.1, 0.15) is 5.75 Å². The van der Waals surface area contributed by atoms with Gasteiger partial charge in [-0.15, -0.1) is 0 Å². The Morgan fingerprint density at radius 2 is 1.88 bits per heavy atom. The maximum absolute atomic E-state index is 13.7. The maximum atomic E-state index is 13.7. The topological polar surface area (TPSA) is 75.0 Å². The van der Waals surface area contributed by atoms with E-state index in [2.05, 4.69) is 5.32 Å². The van der Waals surface area contributed by atoms with Crippen LogP contribution in [-0.4, -0.2) is 29.1 Å². The molecule has 4 heterocycles. The number of carbonyl (C=O) groups excluding carboxylic acids is 2. The van der Waals surface area contributed by atoms with Crippen molar-refractivity contribution in [2.24, 2.45) is 0 Å². The van der Waals surface area contributed by atoms with Gasteiger partial charge in [-0.1, -0.05) is 24.3 Å². The van der Waals surface area contributed by atoms with Gasteiger partial charge in [0.25, 0.3) is 5.91 Å². The van der Waals surface area contributed by atoms with Crippen molar-refractivity contribution in [3.8, 4) is 16.9 Å². The quantitative estimate of drug-likeness (QED) is 0.288. The summed E-state index contributed by atoms with van der Waals surface area (Å²) in [7, 11) is 0. The van der Waals surface area contributed by atoms with Gasteiger partial charge in [-0.2, -0.15) is 13.2 Å². The number of rotatable bonds is 3. The number of alkyl halides is 3. The Kier molecular flexibility index (Phi) is 5.86. The first kappa shape index (κ1) is 26.2. The number of urea groups is 1. The second-order valence-electron chi connectivity index (χ2n) is 11.1. The van der Waals surface area contributed by atoms with Crippen molar-refractivity contribution in [1.82, 2.24) is 10.2 Å². The number of amides is 3. The summed E-state index contributed by atoms with van der Waals surface area (Å²) in [6.45, 7) is 1.99. The van der Waals surface area contributed by atoms with Gasteiger partial charge < -0.3 is 19.4 Å². The molecule has 3 amide bonds. The average molecular weight is 574 g/mol. The van der Waals surface area contributed by atoms with Crippen molar-refractivity contribution in [2.75, 3.05) is 11.4 Å². The molecule has 1 fully saturated rings. The number of hydrogen-bond donors (Lipinski definition) is 1. The molecule has 0 radical (unpaired) electrons. The summed E-state index contributed by atoms with van der Waals surface area (Å²) in [5.74, 6) is 0.243. The van der Waals surface area contributed by atoms with Crippen LogP contribution in [0.3, 0.4) is 0 Å². The van der Waals surface area contributed by atoms with E-state index in [1.807, 2.05) is 31.2 Å². The van der Waals surface area contributed by atoms with Crippen LogP contribution in [0.15, 0.2) is 83.7 Å². The van der Waals surface area contributed by atoms with Crippen LogP contribution in [0.1, 0.15) is 52.0 Å². The number of nitrogens with zero attached hydrogens (tertiary/aromatic N) is 2. The predicted molar refractivity (Wildman–Crippen MR) is 148 cm³/mol. The molecule has 1 N–H and O–H groups in total. The normalized spacial score (nSPS) is 21.2. The van der Waals surface area contributed by atoms with E-state index in [4.69, 9.17) is 9.15 Å². The lowest BCUT2D eigenvalue weighted by Gasteiger charge is -2.50. The van der Waals surface area contributed by atoms with Gasteiger partial charge in [-0.05, 0) is 72.5 Å². The van der Waals surface area contributed by atoms with E-state index in [0.29, 0.717) is 36.4 Å². The standard InChI is InChI=1S/C32H26F3N3O4/c1-31-16-27(24-15-20(8-9-28(24)42-31)22-11-13-41-18-22)36-30(40)38(31)23-6-2-5-21(14-23)29(39)37-12-10-19-4-3-7-26(25(19)17-37)32(33,34)35/h2-9,11,13-15,18,27H,10,12,16-17H2,1H3,(H,36,40). The fraction of sp³-hybridized carbons (Fsp3) is 0.250. The SMILES string of the molecule is CC12CC(NC(=O)N1c1cccc(C(=O)N3CCc4cccc(C(F)(F)F)c4C3)c1)c1cc(-c3ccoc3)ccc1O2. The fourth-order valence-corrected chi connectivity index (χ4v) is 6.35. The number of fused-ring (bicyclic) bond motifs is 5. The van der Waals surface area contributed by atoms with Gasteiger partial charge in [0.2, 0.25) is 0 Å². The molecule has 7 nitrogen and oxygen atoms in total. The molecule has 42 heavy (non-hydrogen) atoms. The summed E-state index contributed by atoms with van der Waals surface area (Å²) in [6, 6.07) is 17.7. The minimum atomic E-state index is -4.51. The average Bonchev–Trinajstić information content (AvgIpc) is 3.50. The van der Waals surface area contributed by atoms with Gasteiger partial charge in [0.15, 0.2) is 5.72 Å². The van der Waals surface area contributed by atoms with Crippen molar-refractivity contribution in [3.05, 3.63) is 107 Å². The zero-order chi connectivity index (χ0) is 29.2. The van der Waals surface area contributed by atoms with E-state index in [1.54, 1.807) is 42.9 Å². The van der Waals surface area contributed by atoms with Crippen LogP contribution in [0.5, 0.6) is 5.75 Å². The molecule has 1 saturated heterocycles. The zero-order valence-electron chi connectivity index (χ0n) is 22.6. The van der Waals surface area contributed by atoms with E-state index in [-0.39, 0.29) is 29.7 Å². The number of anilines is 1. The first-order valence-corrected chi connectivity index (χ1v) is 13.6. The van der Waals surface area contributed by atoms with Crippen LogP contribution in [-0.2, 0) is 19.1 Å². The second-order valence-corrected chi connectivity index (χ2v) is 11.1. The Balaban J connectivity index is 1.17. The van der Waals surface area contributed by atoms with Gasteiger partial charge in [-0.3, -0.25) is 9.69 Å². The molecular weight excluding hydrogens is 547 g/mol. The highest BCUT2D eigenvalue weighted by atomic mass is 19.4. The molecule has 10 heteroatoms. The molecule has 0 saturated carbocycles. The fourth-order valence-electron chi connectivity index (χ4n) is 6.35. The van der Waals surface area contributed by atoms with Crippen molar-refractivity contribution in [1.29, 1.82) is 0 Å². The number of benzene rings is 3. The minimum Gasteiger partial charge on any atom is -0.472 e. The molecule has 1 aromatic heterocycles. The summed E-state index contributed by atoms with van der Waals surface area (Å²) in [6.07, 6.45) is -0.462. The van der Waals surface area contributed by atoms with Crippen molar-refractivity contribution in [3.63, 3.8) is 0 Å². The molecule has 4 aromatic rings. The third-order valence-corrected chi connectivity index (χ3v) is 8.34. The third kappa shape index (κ3) is 4.29. The van der Waals surface area contributed by atoms with Crippen LogP contribution < -0.4 is 15.0 Å². The van der Waals surface area contributed by atoms with Crippen molar-refractivity contribution < 1.29 is 31.9 Å². The van der Waals surface area contributed by atoms with Gasteiger partial charge in [0.05, 0.1) is 29.8 Å². The second kappa shape index (κ2) is 9.40. The summed E-state index contributed by atoms with van der Waals surface area (Å²) >= 11 is 0. The molecule has 2 bridgehead atoms. The van der Waals surface area contributed by atoms with E-state index in [1.165, 1.54) is 15.9 Å². The summed E-state index contributed by atoms with van der Waals surface area (Å²) < 4.78 is 52.7. The summed E-state index contributed by atoms with van der Waals surface area (Å²) in [5.41, 5.74) is 2.43. The number of hydrogen-bond acceptors (Lipinski definition) is 4. The van der Waals surface area contributed by atoms with Gasteiger partial charge in [0, 0.05) is 36.2 Å². The zero-order valence-corrected chi connectivity index (χ0v) is 22.6. The largest absolute Gasteiger partial charge is 0.472 e. The molecule has 0 aliphatic carbocycles. The van der Waals surface area contributed by atoms with E-state index >= 15 is 0 Å². The predicted octanol–water partition coefficient (Wildman–Crippen LogP) is 6.93. The van der Waals surface area contributed by atoms with Crippen LogP contribution in [0.2, 0.25) is 0 Å². The minimum absolute atomic E-state index is 0.125. The molecule has 2 atom stereocenters. The highest BCUT2D eigenvalue weighted by molar-refractivity contribution is 5.99. The van der Waals surface area contributed by atoms with Gasteiger partial charge in [-0.25, -0.2) is 4.79 Å². The summed E-state index contributed by atoms with van der Waals surface area (Å²) in [4.78, 5) is 30.0. The molecule has 3 aliphatic rings. The van der Waals surface area contributed by atoms with Crippen LogP contribution in [0.25, 0.3) is 11.1 Å². The lowest BCUT2D eigenvalue weighted by molar-refractivity contribution is -0.138. The Morgan fingerprint density at radius 1 is 1.05 bits per heavy atom. The Morgan fingerprint density at radius 3 is 2.67 bits per heavy atom. The highest BCUT2D eigenvalue weighted by Gasteiger charge is 2.50. The number of halogens is 3. The number of ether oxygens (including phenoxy) is 1. The van der Waals surface area contributed by atoms with E-state index in [9.17, 15) is 22.8 Å². The molecular formula is C32H26F3N3O4. The molecule has 2 unspecified atom stereocenters. The molecule has 3 aliphatic heterocycles. The smallest absolute Gasteiger partial charge is 0.416 e. The Hall–Kier alpha value is -4.73. The first-order valence-electron chi connectivity index (χ1n) is 13.6. The van der Waals surface area contributed by atoms with Crippen LogP contribution >= 0.6 is 0 Å². The number of nitrogens with one attached hydrogen (secondary N) is 1. The van der Waals surface area contributed by atoms with E-state index < -0.39 is 23.4 Å². The molecule has 214 valence electrons. The number of carbonyl (C=O) groups is 2. The lowest BCUT2D eigenvalue weighted by Crippen LogP contribution is -2.65. The van der Waals surface area contributed by atoms with Crippen molar-refractivity contribution >= 4 is 17.6 Å². The van der Waals surface area contributed by atoms with Gasteiger partial charge >= 0.3 is 12.2 Å². The molecule has 7 rings (SSSR count). The Labute approximate surface area is 239 Å². The summed E-state index contributed by atoms with van der Waals surface area (Å²) in [5, 5.41) is 3.08. The lowest BCUT2D eigenvalue weighted by atomic mass is 9.88. The van der Waals surface area contributed by atoms with Crippen molar-refractivity contribution in [2.45, 2.75) is 44.3 Å². The molecule has 3 aromatic carbocycles. The maximum Gasteiger partial charge on any atom is 0.416 e. The Bertz CT molecular complexity index is 1720. The highest BCUT2D eigenvalue weighted by Crippen LogP contribution is 2.47. The van der Waals surface area contributed by atoms with E-state index in [0.717, 1.165) is 22.8 Å². The monoisotopic (exact) mass is 573 g/mol. The van der Waals surface area contributed by atoms with Crippen LogP contribution in [0.4, 0.5) is 23.7 Å². The van der Waals surface area contributed by atoms with Crippen LogP contribution in [0, 0.1) is 0 Å². The number of furan rings is 1.